The summed E-state index contributed by atoms with van der Waals surface area (Å²) in [5, 5.41) is 8.73. The Hall–Kier alpha value is -3.51. The van der Waals surface area contributed by atoms with Crippen LogP contribution in [0.2, 0.25) is 5.02 Å². The van der Waals surface area contributed by atoms with Crippen molar-refractivity contribution < 1.29 is 9.59 Å². The molecule has 0 aliphatic heterocycles. The van der Waals surface area contributed by atoms with Gasteiger partial charge in [-0.15, -0.1) is 0 Å². The predicted molar refractivity (Wildman–Crippen MR) is 109 cm³/mol. The first-order valence-corrected chi connectivity index (χ1v) is 8.48. The first kappa shape index (κ1) is 18.3. The number of rotatable bonds is 4. The van der Waals surface area contributed by atoms with Gasteiger partial charge in [0, 0.05) is 22.0 Å². The number of para-hydroxylation sites is 2. The van der Waals surface area contributed by atoms with Gasteiger partial charge in [0.1, 0.15) is 0 Å². The van der Waals surface area contributed by atoms with E-state index in [-0.39, 0.29) is 5.91 Å². The number of urea groups is 1. The fourth-order valence-electron chi connectivity index (χ4n) is 2.34. The Bertz CT molecular complexity index is 956. The van der Waals surface area contributed by atoms with E-state index in [1.54, 1.807) is 72.8 Å². The van der Waals surface area contributed by atoms with Crippen LogP contribution in [0.1, 0.15) is 10.4 Å². The highest BCUT2D eigenvalue weighted by Crippen LogP contribution is 2.19. The topological polar surface area (TPSA) is 96.2 Å². The Morgan fingerprint density at radius 3 is 1.89 bits per heavy atom. The van der Waals surface area contributed by atoms with Crippen LogP contribution in [0, 0.1) is 0 Å². The van der Waals surface area contributed by atoms with Crippen LogP contribution in [0.5, 0.6) is 0 Å². The van der Waals surface area contributed by atoms with Gasteiger partial charge in [0.05, 0.1) is 11.4 Å². The van der Waals surface area contributed by atoms with Gasteiger partial charge in [-0.1, -0.05) is 23.7 Å². The second-order valence-corrected chi connectivity index (χ2v) is 6.14. The number of carbonyl (C=O) groups excluding carboxylic acids is 2. The van der Waals surface area contributed by atoms with Gasteiger partial charge >= 0.3 is 6.03 Å². The molecule has 0 fully saturated rings. The van der Waals surface area contributed by atoms with Gasteiger partial charge in [0.2, 0.25) is 0 Å². The predicted octanol–water partition coefficient (Wildman–Crippen LogP) is 4.82. The molecule has 27 heavy (non-hydrogen) atoms. The van der Waals surface area contributed by atoms with Crippen LogP contribution < -0.4 is 21.7 Å². The zero-order chi connectivity index (χ0) is 19.2. The molecule has 7 heteroatoms. The molecule has 0 aromatic heterocycles. The third-order valence-corrected chi connectivity index (χ3v) is 3.97. The number of nitrogens with two attached hydrogens (primary N) is 1. The summed E-state index contributed by atoms with van der Waals surface area (Å²) in [6.45, 7) is 0. The third-order valence-electron chi connectivity index (χ3n) is 3.72. The molecule has 3 rings (SSSR count). The summed E-state index contributed by atoms with van der Waals surface area (Å²) < 4.78 is 0. The fourth-order valence-corrected chi connectivity index (χ4v) is 2.46. The van der Waals surface area contributed by atoms with Gasteiger partial charge < -0.3 is 21.7 Å². The summed E-state index contributed by atoms with van der Waals surface area (Å²) in [6, 6.07) is 19.9. The largest absolute Gasteiger partial charge is 0.397 e. The number of hydrogen-bond acceptors (Lipinski definition) is 3. The van der Waals surface area contributed by atoms with Crippen LogP contribution in [-0.4, -0.2) is 11.9 Å². The lowest BCUT2D eigenvalue weighted by atomic mass is 10.2. The molecular weight excluding hydrogens is 364 g/mol. The van der Waals surface area contributed by atoms with E-state index in [0.29, 0.717) is 33.3 Å². The van der Waals surface area contributed by atoms with Crippen molar-refractivity contribution >= 4 is 46.3 Å². The molecule has 0 aliphatic carbocycles. The quantitative estimate of drug-likeness (QED) is 0.488. The first-order valence-electron chi connectivity index (χ1n) is 8.11. The second-order valence-electron chi connectivity index (χ2n) is 5.70. The number of carbonyl (C=O) groups is 2. The molecule has 3 aromatic rings. The maximum Gasteiger partial charge on any atom is 0.323 e. The van der Waals surface area contributed by atoms with Gasteiger partial charge in [-0.3, -0.25) is 4.79 Å². The first-order chi connectivity index (χ1) is 13.0. The molecule has 5 N–H and O–H groups in total. The van der Waals surface area contributed by atoms with Crippen LogP contribution >= 0.6 is 11.6 Å². The van der Waals surface area contributed by atoms with E-state index >= 15 is 0 Å². The van der Waals surface area contributed by atoms with Gasteiger partial charge in [-0.25, -0.2) is 4.79 Å². The molecule has 0 radical (unpaired) electrons. The van der Waals surface area contributed by atoms with Crippen LogP contribution in [0.25, 0.3) is 0 Å². The molecular formula is C20H17ClN4O2. The Kier molecular flexibility index (Phi) is 5.58. The number of hydrogen-bond donors (Lipinski definition) is 4. The average molecular weight is 381 g/mol. The van der Waals surface area contributed by atoms with Crippen LogP contribution in [0.4, 0.5) is 27.5 Å². The minimum atomic E-state index is -0.397. The van der Waals surface area contributed by atoms with Crippen molar-refractivity contribution in [2.45, 2.75) is 0 Å². The summed E-state index contributed by atoms with van der Waals surface area (Å²) in [7, 11) is 0. The number of nitrogens with one attached hydrogen (secondary N) is 3. The highest BCUT2D eigenvalue weighted by atomic mass is 35.5. The number of anilines is 4. The highest BCUT2D eigenvalue weighted by molar-refractivity contribution is 6.30. The van der Waals surface area contributed by atoms with Crippen molar-refractivity contribution in [2.24, 2.45) is 0 Å². The molecule has 0 aliphatic rings. The van der Waals surface area contributed by atoms with E-state index < -0.39 is 6.03 Å². The van der Waals surface area contributed by atoms with E-state index in [4.69, 9.17) is 17.3 Å². The van der Waals surface area contributed by atoms with E-state index in [1.807, 2.05) is 0 Å². The van der Waals surface area contributed by atoms with Gasteiger partial charge in [0.15, 0.2) is 0 Å². The summed E-state index contributed by atoms with van der Waals surface area (Å²) in [5.74, 6) is -0.287. The Labute approximate surface area is 161 Å². The van der Waals surface area contributed by atoms with Crippen molar-refractivity contribution in [3.8, 4) is 0 Å². The normalized spacial score (nSPS) is 10.1. The number of nitrogen functional groups attached to an aromatic ring is 1. The summed E-state index contributed by atoms with van der Waals surface area (Å²) in [6.07, 6.45) is 0. The second kappa shape index (κ2) is 8.25. The minimum Gasteiger partial charge on any atom is -0.397 e. The van der Waals surface area contributed by atoms with E-state index in [2.05, 4.69) is 16.0 Å². The standard InChI is InChI=1S/C20H17ClN4O2/c21-14-7-11-16(12-8-14)24-20(27)23-15-9-5-13(6-10-15)19(26)25-18-4-2-1-3-17(18)22/h1-12H,22H2,(H,25,26)(H2,23,24,27). The molecule has 136 valence electrons. The lowest BCUT2D eigenvalue weighted by molar-refractivity contribution is 0.102. The van der Waals surface area contributed by atoms with Crippen molar-refractivity contribution in [3.05, 3.63) is 83.4 Å². The lowest BCUT2D eigenvalue weighted by Crippen LogP contribution is -2.19. The number of halogens is 1. The minimum absolute atomic E-state index is 0.287. The van der Waals surface area contributed by atoms with E-state index in [0.717, 1.165) is 0 Å². The molecule has 0 saturated carbocycles. The van der Waals surface area contributed by atoms with Crippen molar-refractivity contribution in [2.75, 3.05) is 21.7 Å². The van der Waals surface area contributed by atoms with Crippen LogP contribution in [0.15, 0.2) is 72.8 Å². The van der Waals surface area contributed by atoms with Crippen molar-refractivity contribution in [1.29, 1.82) is 0 Å². The number of benzene rings is 3. The van der Waals surface area contributed by atoms with Gasteiger partial charge in [0.25, 0.3) is 5.91 Å². The number of amides is 3. The van der Waals surface area contributed by atoms with E-state index in [1.165, 1.54) is 0 Å². The van der Waals surface area contributed by atoms with E-state index in [9.17, 15) is 9.59 Å². The SMILES string of the molecule is Nc1ccccc1NC(=O)c1ccc(NC(=O)Nc2ccc(Cl)cc2)cc1. The Morgan fingerprint density at radius 1 is 0.741 bits per heavy atom. The average Bonchev–Trinajstić information content (AvgIpc) is 2.66. The van der Waals surface area contributed by atoms with Crippen LogP contribution in [0.3, 0.4) is 0 Å². The van der Waals surface area contributed by atoms with Crippen molar-refractivity contribution in [3.63, 3.8) is 0 Å². The zero-order valence-corrected chi connectivity index (χ0v) is 15.0. The molecule has 0 saturated heterocycles. The van der Waals surface area contributed by atoms with Crippen LogP contribution in [-0.2, 0) is 0 Å². The smallest absolute Gasteiger partial charge is 0.323 e. The Morgan fingerprint density at radius 2 is 1.30 bits per heavy atom. The zero-order valence-electron chi connectivity index (χ0n) is 14.2. The highest BCUT2D eigenvalue weighted by Gasteiger charge is 2.09. The molecule has 0 atom stereocenters. The summed E-state index contributed by atoms with van der Waals surface area (Å²) >= 11 is 5.81. The van der Waals surface area contributed by atoms with Crippen molar-refractivity contribution in [1.82, 2.24) is 0 Å². The molecule has 3 amide bonds. The Balaban J connectivity index is 1.59. The lowest BCUT2D eigenvalue weighted by Gasteiger charge is -2.10. The molecule has 0 heterocycles. The third kappa shape index (κ3) is 4.99. The molecule has 3 aromatic carbocycles. The van der Waals surface area contributed by atoms with Gasteiger partial charge in [-0.2, -0.15) is 0 Å². The molecule has 0 unspecified atom stereocenters. The summed E-state index contributed by atoms with van der Waals surface area (Å²) in [4.78, 5) is 24.3. The monoisotopic (exact) mass is 380 g/mol. The molecule has 6 nitrogen and oxygen atoms in total. The maximum absolute atomic E-state index is 12.3. The maximum atomic E-state index is 12.3. The van der Waals surface area contributed by atoms with Gasteiger partial charge in [-0.05, 0) is 60.7 Å². The fraction of sp³-hybridized carbons (Fsp3) is 0. The summed E-state index contributed by atoms with van der Waals surface area (Å²) in [5.41, 5.74) is 8.48. The molecule has 0 bridgehead atoms. The molecule has 0 spiro atoms.